The van der Waals surface area contributed by atoms with Gasteiger partial charge in [0.25, 0.3) is 5.91 Å². The lowest BCUT2D eigenvalue weighted by Crippen LogP contribution is -3.14. The molecule has 2 aliphatic heterocycles. The summed E-state index contributed by atoms with van der Waals surface area (Å²) >= 11 is 3.66. The molecule has 0 radical (unpaired) electrons. The maximum atomic E-state index is 12.7. The average molecular weight is 350 g/mol. The normalized spacial score (nSPS) is 24.4. The number of fused-ring (bicyclic) bond motifs is 1. The Hall–Kier alpha value is -1.21. The summed E-state index contributed by atoms with van der Waals surface area (Å²) in [5.41, 5.74) is 1.42. The minimum atomic E-state index is 0.267. The largest absolute Gasteiger partial charge is 0.378 e. The highest BCUT2D eigenvalue weighted by Gasteiger charge is 2.36. The van der Waals surface area contributed by atoms with Crippen LogP contribution >= 0.6 is 22.7 Å². The number of rotatable bonds is 3. The molecular formula is C17H21N2O2S2+. The van der Waals surface area contributed by atoms with Gasteiger partial charge in [-0.2, -0.15) is 0 Å². The van der Waals surface area contributed by atoms with E-state index in [2.05, 4.69) is 29.0 Å². The van der Waals surface area contributed by atoms with Crippen molar-refractivity contribution in [1.82, 2.24) is 4.90 Å². The SMILES string of the molecule is O=C(C[NH+]1CCc2sccc2[C@H]1c1cccs1)N1CCOCC1. The van der Waals surface area contributed by atoms with Crippen LogP contribution in [-0.4, -0.2) is 50.2 Å². The van der Waals surface area contributed by atoms with Crippen LogP contribution in [0.3, 0.4) is 0 Å². The molecule has 4 heterocycles. The molecule has 6 heteroatoms. The number of hydrogen-bond acceptors (Lipinski definition) is 4. The van der Waals surface area contributed by atoms with E-state index < -0.39 is 0 Å². The zero-order valence-corrected chi connectivity index (χ0v) is 14.6. The van der Waals surface area contributed by atoms with Crippen molar-refractivity contribution >= 4 is 28.6 Å². The molecular weight excluding hydrogens is 328 g/mol. The van der Waals surface area contributed by atoms with Crippen LogP contribution in [0.25, 0.3) is 0 Å². The van der Waals surface area contributed by atoms with Gasteiger partial charge in [0, 0.05) is 30.0 Å². The molecule has 23 heavy (non-hydrogen) atoms. The molecule has 0 saturated carbocycles. The van der Waals surface area contributed by atoms with Crippen molar-refractivity contribution in [3.05, 3.63) is 44.3 Å². The van der Waals surface area contributed by atoms with E-state index in [-0.39, 0.29) is 5.91 Å². The zero-order chi connectivity index (χ0) is 15.6. The minimum Gasteiger partial charge on any atom is -0.378 e. The van der Waals surface area contributed by atoms with Crippen molar-refractivity contribution in [3.8, 4) is 0 Å². The average Bonchev–Trinajstić information content (AvgIpc) is 3.27. The van der Waals surface area contributed by atoms with E-state index in [1.54, 1.807) is 11.3 Å². The van der Waals surface area contributed by atoms with E-state index in [4.69, 9.17) is 4.74 Å². The fraction of sp³-hybridized carbons (Fsp3) is 0.471. The molecule has 2 aromatic heterocycles. The second-order valence-electron chi connectivity index (χ2n) is 6.08. The van der Waals surface area contributed by atoms with Crippen LogP contribution in [0.1, 0.15) is 21.4 Å². The van der Waals surface area contributed by atoms with Crippen molar-refractivity contribution in [3.63, 3.8) is 0 Å². The first-order chi connectivity index (χ1) is 11.3. The van der Waals surface area contributed by atoms with Gasteiger partial charge in [-0.05, 0) is 22.9 Å². The molecule has 0 aliphatic carbocycles. The third kappa shape index (κ3) is 3.08. The predicted octanol–water partition coefficient (Wildman–Crippen LogP) is 1.20. The number of carbonyl (C=O) groups excluding carboxylic acids is 1. The maximum Gasteiger partial charge on any atom is 0.277 e. The first kappa shape index (κ1) is 15.3. The van der Waals surface area contributed by atoms with E-state index in [0.29, 0.717) is 25.8 Å². The van der Waals surface area contributed by atoms with E-state index in [1.165, 1.54) is 20.2 Å². The van der Waals surface area contributed by atoms with Gasteiger partial charge in [0.05, 0.1) is 24.6 Å². The van der Waals surface area contributed by atoms with Crippen molar-refractivity contribution in [1.29, 1.82) is 0 Å². The fourth-order valence-corrected chi connectivity index (χ4v) is 5.39. The Morgan fingerprint density at radius 3 is 2.91 bits per heavy atom. The van der Waals surface area contributed by atoms with E-state index >= 15 is 0 Å². The van der Waals surface area contributed by atoms with Gasteiger partial charge in [0.1, 0.15) is 6.04 Å². The molecule has 0 spiro atoms. The third-order valence-electron chi connectivity index (χ3n) is 4.74. The van der Waals surface area contributed by atoms with Gasteiger partial charge in [-0.15, -0.1) is 22.7 Å². The fourth-order valence-electron chi connectivity index (χ4n) is 3.57. The number of amides is 1. The molecule has 122 valence electrons. The molecule has 4 nitrogen and oxygen atoms in total. The Labute approximate surface area is 144 Å². The number of nitrogens with zero attached hydrogens (tertiary/aromatic N) is 1. The summed E-state index contributed by atoms with van der Waals surface area (Å²) in [6.45, 7) is 4.43. The topological polar surface area (TPSA) is 34.0 Å². The number of morpholine rings is 1. The zero-order valence-electron chi connectivity index (χ0n) is 13.0. The van der Waals surface area contributed by atoms with Crippen molar-refractivity contribution in [2.75, 3.05) is 39.4 Å². The molecule has 2 aliphatic rings. The van der Waals surface area contributed by atoms with Crippen LogP contribution in [0.4, 0.5) is 0 Å². The summed E-state index contributed by atoms with van der Waals surface area (Å²) in [7, 11) is 0. The molecule has 2 atom stereocenters. The summed E-state index contributed by atoms with van der Waals surface area (Å²) in [5.74, 6) is 0.267. The second kappa shape index (κ2) is 6.73. The Kier molecular flexibility index (Phi) is 4.48. The quantitative estimate of drug-likeness (QED) is 0.903. The molecule has 1 N–H and O–H groups in total. The van der Waals surface area contributed by atoms with Gasteiger partial charge in [-0.1, -0.05) is 6.07 Å². The minimum absolute atomic E-state index is 0.267. The molecule has 0 aromatic carbocycles. The van der Waals surface area contributed by atoms with Crippen LogP contribution in [0.2, 0.25) is 0 Å². The van der Waals surface area contributed by atoms with Crippen molar-refractivity contribution in [2.45, 2.75) is 12.5 Å². The number of hydrogen-bond donors (Lipinski definition) is 1. The molecule has 0 bridgehead atoms. The van der Waals surface area contributed by atoms with Crippen LogP contribution in [-0.2, 0) is 16.0 Å². The number of carbonyl (C=O) groups is 1. The Bertz CT molecular complexity index is 662. The van der Waals surface area contributed by atoms with E-state index in [9.17, 15) is 4.79 Å². The lowest BCUT2D eigenvalue weighted by atomic mass is 9.98. The number of ether oxygens (including phenoxy) is 1. The molecule has 1 fully saturated rings. The highest BCUT2D eigenvalue weighted by atomic mass is 32.1. The number of thiophene rings is 2. The molecule has 1 saturated heterocycles. The van der Waals surface area contributed by atoms with Crippen molar-refractivity contribution < 1.29 is 14.4 Å². The molecule has 4 rings (SSSR count). The molecule has 1 amide bonds. The molecule has 1 unspecified atom stereocenters. The van der Waals surface area contributed by atoms with Crippen LogP contribution < -0.4 is 4.90 Å². The van der Waals surface area contributed by atoms with Crippen LogP contribution in [0.5, 0.6) is 0 Å². The van der Waals surface area contributed by atoms with Gasteiger partial charge in [-0.3, -0.25) is 4.79 Å². The summed E-state index contributed by atoms with van der Waals surface area (Å²) in [5, 5.41) is 4.33. The van der Waals surface area contributed by atoms with Crippen LogP contribution in [0, 0.1) is 0 Å². The summed E-state index contributed by atoms with van der Waals surface area (Å²) in [6, 6.07) is 6.89. The van der Waals surface area contributed by atoms with Gasteiger partial charge >= 0.3 is 0 Å². The van der Waals surface area contributed by atoms with Crippen molar-refractivity contribution in [2.24, 2.45) is 0 Å². The lowest BCUT2D eigenvalue weighted by molar-refractivity contribution is -0.919. The summed E-state index contributed by atoms with van der Waals surface area (Å²) in [4.78, 5) is 18.9. The van der Waals surface area contributed by atoms with Gasteiger partial charge in [0.2, 0.25) is 0 Å². The standard InChI is InChI=1S/C17H20N2O2S2/c20-16(18-6-8-21-9-7-18)12-19-5-3-14-13(4-11-23-14)17(19)15-2-1-10-22-15/h1-2,4,10-11,17H,3,5-9,12H2/p+1/t17-/m0/s1. The van der Waals surface area contributed by atoms with E-state index in [0.717, 1.165) is 26.1 Å². The van der Waals surface area contributed by atoms with Gasteiger partial charge < -0.3 is 14.5 Å². The molecule has 2 aromatic rings. The van der Waals surface area contributed by atoms with Gasteiger partial charge in [0.15, 0.2) is 6.54 Å². The maximum absolute atomic E-state index is 12.7. The lowest BCUT2D eigenvalue weighted by Gasteiger charge is -2.34. The smallest absolute Gasteiger partial charge is 0.277 e. The summed E-state index contributed by atoms with van der Waals surface area (Å²) in [6.07, 6.45) is 1.08. The third-order valence-corrected chi connectivity index (χ3v) is 6.68. The van der Waals surface area contributed by atoms with E-state index in [1.807, 2.05) is 16.2 Å². The number of quaternary nitrogens is 1. The monoisotopic (exact) mass is 349 g/mol. The van der Waals surface area contributed by atoms with Gasteiger partial charge in [-0.25, -0.2) is 0 Å². The second-order valence-corrected chi connectivity index (χ2v) is 8.06. The van der Waals surface area contributed by atoms with Crippen LogP contribution in [0.15, 0.2) is 29.0 Å². The summed E-state index contributed by atoms with van der Waals surface area (Å²) < 4.78 is 5.36. The Morgan fingerprint density at radius 2 is 2.13 bits per heavy atom. The Morgan fingerprint density at radius 1 is 1.26 bits per heavy atom. The predicted molar refractivity (Wildman–Crippen MR) is 92.3 cm³/mol. The first-order valence-corrected chi connectivity index (χ1v) is 9.88. The highest BCUT2D eigenvalue weighted by molar-refractivity contribution is 7.10. The highest BCUT2D eigenvalue weighted by Crippen LogP contribution is 2.31. The number of nitrogens with one attached hydrogen (secondary N) is 1. The first-order valence-electron chi connectivity index (χ1n) is 8.12. The Balaban J connectivity index is 1.56.